The quantitative estimate of drug-likeness (QED) is 0.0957. The van der Waals surface area contributed by atoms with Crippen LogP contribution in [-0.4, -0.2) is 31.7 Å². The summed E-state index contributed by atoms with van der Waals surface area (Å²) in [5, 5.41) is -5.03. The van der Waals surface area contributed by atoms with Gasteiger partial charge in [0, 0.05) is 0 Å². The van der Waals surface area contributed by atoms with E-state index in [-0.39, 0.29) is 5.39 Å². The van der Waals surface area contributed by atoms with Crippen molar-refractivity contribution >= 4 is 31.7 Å². The van der Waals surface area contributed by atoms with Gasteiger partial charge in [0.1, 0.15) is 5.75 Å². The molecule has 7 aromatic rings. The molecule has 0 bridgehead atoms. The SMILES string of the molecule is O=S(=O)(Oc1ccc2c(ccc3cc(-c4ccc5c(c4)C4(c6ccccc6-c6ccccc64)c4ccccc4-5)ccc32)c1)C(F)(F)C(F)(F)C(F)(F)C(F)(F)F. The normalized spacial score (nSPS) is 14.8. The lowest BCUT2D eigenvalue weighted by Crippen LogP contribution is -2.63. The number of alkyl halides is 9. The summed E-state index contributed by atoms with van der Waals surface area (Å²) in [6, 6.07) is 43.1. The van der Waals surface area contributed by atoms with Gasteiger partial charge in [-0.2, -0.15) is 47.9 Å². The van der Waals surface area contributed by atoms with Crippen molar-refractivity contribution in [3.63, 3.8) is 0 Å². The summed E-state index contributed by atoms with van der Waals surface area (Å²) in [4.78, 5) is 0. The van der Waals surface area contributed by atoms with Crippen LogP contribution < -0.4 is 4.18 Å². The molecule has 56 heavy (non-hydrogen) atoms. The Morgan fingerprint density at radius 1 is 0.446 bits per heavy atom. The second-order valence-electron chi connectivity index (χ2n) is 13.7. The van der Waals surface area contributed by atoms with Crippen LogP contribution in [0.25, 0.3) is 54.9 Å². The van der Waals surface area contributed by atoms with Gasteiger partial charge in [-0.1, -0.05) is 115 Å². The first-order valence-corrected chi connectivity index (χ1v) is 18.4. The fourth-order valence-corrected chi connectivity index (χ4v) is 9.16. The Kier molecular flexibility index (Phi) is 7.43. The molecule has 0 fully saturated rings. The number of hydrogen-bond donors (Lipinski definition) is 0. The predicted octanol–water partition coefficient (Wildman–Crippen LogP) is 12.1. The molecule has 7 aromatic carbocycles. The molecule has 3 nitrogen and oxygen atoms in total. The average Bonchev–Trinajstić information content (AvgIpc) is 3.64. The molecule has 0 N–H and O–H groups in total. The lowest BCUT2D eigenvalue weighted by molar-refractivity contribution is -0.382. The van der Waals surface area contributed by atoms with Crippen molar-refractivity contribution in [3.05, 3.63) is 162 Å². The number of hydrogen-bond acceptors (Lipinski definition) is 3. The molecule has 0 aliphatic heterocycles. The zero-order valence-corrected chi connectivity index (χ0v) is 29.1. The molecule has 9 rings (SSSR count). The molecule has 0 heterocycles. The fraction of sp³-hybridized carbons (Fsp3) is 0.116. The summed E-state index contributed by atoms with van der Waals surface area (Å²) >= 11 is 0. The average molecular weight is 791 g/mol. The molecule has 0 amide bonds. The third kappa shape index (κ3) is 4.63. The molecule has 13 heteroatoms. The van der Waals surface area contributed by atoms with Crippen LogP contribution in [-0.2, 0) is 15.5 Å². The lowest BCUT2D eigenvalue weighted by atomic mass is 9.70. The summed E-state index contributed by atoms with van der Waals surface area (Å²) in [6.07, 6.45) is -7.19. The molecular weight excluding hydrogens is 768 g/mol. The molecule has 2 aliphatic rings. The van der Waals surface area contributed by atoms with Crippen LogP contribution in [0, 0.1) is 0 Å². The molecule has 282 valence electrons. The van der Waals surface area contributed by atoms with E-state index in [2.05, 4.69) is 52.7 Å². The first-order chi connectivity index (χ1) is 26.4. The van der Waals surface area contributed by atoms with Gasteiger partial charge in [-0.05, 0) is 101 Å². The van der Waals surface area contributed by atoms with Gasteiger partial charge < -0.3 is 4.18 Å². The molecule has 0 atom stereocenters. The van der Waals surface area contributed by atoms with E-state index in [0.29, 0.717) is 16.2 Å². The van der Waals surface area contributed by atoms with Crippen molar-refractivity contribution in [2.24, 2.45) is 0 Å². The van der Waals surface area contributed by atoms with E-state index < -0.39 is 44.6 Å². The van der Waals surface area contributed by atoms with Gasteiger partial charge in [-0.15, -0.1) is 0 Å². The van der Waals surface area contributed by atoms with Crippen molar-refractivity contribution < 1.29 is 52.1 Å². The standard InChI is InChI=1S/C43H23F9O3S/c44-40(45,42(48,49)50)41(46,47)43(51,52)56(53,54)55-28-17-20-30-27(22-28)14-13-26-21-24(15-18-29(26)30)25-16-19-34-33-9-3-6-12-37(33)39(38(34)23-25)35-10-4-1-7-31(35)32-8-2-5-11-36(32)39/h1-23H. The molecule has 2 aliphatic carbocycles. The van der Waals surface area contributed by atoms with Crippen LogP contribution in [0.3, 0.4) is 0 Å². The van der Waals surface area contributed by atoms with Gasteiger partial charge in [-0.3, -0.25) is 0 Å². The van der Waals surface area contributed by atoms with Gasteiger partial charge in [0.25, 0.3) is 0 Å². The van der Waals surface area contributed by atoms with Crippen LogP contribution in [0.4, 0.5) is 39.5 Å². The minimum absolute atomic E-state index is 0.171. The second-order valence-corrected chi connectivity index (χ2v) is 15.3. The molecule has 0 saturated heterocycles. The van der Waals surface area contributed by atoms with Gasteiger partial charge >= 0.3 is 33.4 Å². The van der Waals surface area contributed by atoms with Crippen molar-refractivity contribution in [1.82, 2.24) is 0 Å². The van der Waals surface area contributed by atoms with Gasteiger partial charge in [0.2, 0.25) is 0 Å². The Labute approximate surface area is 312 Å². The van der Waals surface area contributed by atoms with Crippen LogP contribution in [0.5, 0.6) is 5.75 Å². The van der Waals surface area contributed by atoms with Gasteiger partial charge in [0.05, 0.1) is 5.41 Å². The zero-order chi connectivity index (χ0) is 39.6. The van der Waals surface area contributed by atoms with Crippen molar-refractivity contribution in [2.45, 2.75) is 28.7 Å². The maximum atomic E-state index is 14.3. The smallest absolute Gasteiger partial charge is 0.378 e. The minimum Gasteiger partial charge on any atom is -0.378 e. The second kappa shape index (κ2) is 11.6. The molecular formula is C43H23F9O3S. The van der Waals surface area contributed by atoms with E-state index in [1.165, 1.54) is 28.8 Å². The van der Waals surface area contributed by atoms with E-state index in [9.17, 15) is 47.9 Å². The van der Waals surface area contributed by atoms with Crippen LogP contribution in [0.2, 0.25) is 0 Å². The Hall–Kier alpha value is -5.82. The first kappa shape index (κ1) is 35.9. The summed E-state index contributed by atoms with van der Waals surface area (Å²) in [7, 11) is -7.09. The first-order valence-electron chi connectivity index (χ1n) is 17.0. The van der Waals surface area contributed by atoms with E-state index in [4.69, 9.17) is 0 Å². The molecule has 1 spiro atoms. The van der Waals surface area contributed by atoms with Crippen molar-refractivity contribution in [2.75, 3.05) is 0 Å². The number of rotatable bonds is 6. The number of fused-ring (bicyclic) bond motifs is 13. The number of halogens is 9. The topological polar surface area (TPSA) is 43.4 Å². The van der Waals surface area contributed by atoms with Gasteiger partial charge in [0.15, 0.2) is 0 Å². The maximum Gasteiger partial charge on any atom is 0.460 e. The maximum absolute atomic E-state index is 14.3. The van der Waals surface area contributed by atoms with E-state index >= 15 is 0 Å². The highest BCUT2D eigenvalue weighted by Gasteiger charge is 2.86. The third-order valence-electron chi connectivity index (χ3n) is 10.8. The molecule has 0 saturated carbocycles. The van der Waals surface area contributed by atoms with Crippen LogP contribution in [0.1, 0.15) is 22.3 Å². The lowest BCUT2D eigenvalue weighted by Gasteiger charge is -2.32. The Morgan fingerprint density at radius 2 is 0.893 bits per heavy atom. The third-order valence-corrected chi connectivity index (χ3v) is 12.1. The van der Waals surface area contributed by atoms with Crippen molar-refractivity contribution in [1.29, 1.82) is 0 Å². The highest BCUT2D eigenvalue weighted by molar-refractivity contribution is 7.88. The van der Waals surface area contributed by atoms with E-state index in [1.54, 1.807) is 12.1 Å². The molecule has 0 unspecified atom stereocenters. The van der Waals surface area contributed by atoms with Crippen LogP contribution >= 0.6 is 0 Å². The Balaban J connectivity index is 1.09. The van der Waals surface area contributed by atoms with Crippen LogP contribution in [0.15, 0.2) is 140 Å². The van der Waals surface area contributed by atoms with E-state index in [1.807, 2.05) is 54.6 Å². The summed E-state index contributed by atoms with van der Waals surface area (Å²) in [5.41, 5.74) is 10.5. The van der Waals surface area contributed by atoms with Gasteiger partial charge in [-0.25, -0.2) is 0 Å². The summed E-state index contributed by atoms with van der Waals surface area (Å²) in [6.45, 7) is 0. The summed E-state index contributed by atoms with van der Waals surface area (Å²) < 4.78 is 149. The van der Waals surface area contributed by atoms with E-state index in [0.717, 1.165) is 51.1 Å². The largest absolute Gasteiger partial charge is 0.460 e. The zero-order valence-electron chi connectivity index (χ0n) is 28.3. The molecule has 0 radical (unpaired) electrons. The highest BCUT2D eigenvalue weighted by atomic mass is 32.2. The molecule has 0 aromatic heterocycles. The fourth-order valence-electron chi connectivity index (χ4n) is 8.25. The number of benzene rings is 7. The summed E-state index contributed by atoms with van der Waals surface area (Å²) in [5.74, 6) is -15.8. The Morgan fingerprint density at radius 3 is 1.43 bits per heavy atom. The van der Waals surface area contributed by atoms with Crippen molar-refractivity contribution in [3.8, 4) is 39.1 Å². The monoisotopic (exact) mass is 790 g/mol. The minimum atomic E-state index is -7.41. The highest BCUT2D eigenvalue weighted by Crippen LogP contribution is 2.63. The Bertz CT molecular complexity index is 2840. The predicted molar refractivity (Wildman–Crippen MR) is 194 cm³/mol.